The molecule has 39 heavy (non-hydrogen) atoms. The highest BCUT2D eigenvalue weighted by molar-refractivity contribution is 6.27. The number of H-pyrrole nitrogens is 1. The van der Waals surface area contributed by atoms with Gasteiger partial charge in [-0.25, -0.2) is 0 Å². The predicted molar refractivity (Wildman–Crippen MR) is 155 cm³/mol. The Kier molecular flexibility index (Phi) is 5.96. The number of carbonyl (C=O) groups is 2. The maximum Gasteiger partial charge on any atom is 0.245 e. The molecule has 2 amide bonds. The van der Waals surface area contributed by atoms with Crippen LogP contribution in [-0.4, -0.2) is 58.2 Å². The largest absolute Gasteiger partial charge is 0.380 e. The molecule has 1 aliphatic heterocycles. The third kappa shape index (κ3) is 4.14. The fraction of sp³-hybridized carbons (Fsp3) is 0.500. The first-order valence-corrected chi connectivity index (χ1v) is 14.9. The van der Waals surface area contributed by atoms with Gasteiger partial charge in [-0.3, -0.25) is 9.59 Å². The fourth-order valence-corrected chi connectivity index (χ4v) is 8.96. The number of aromatic amines is 1. The van der Waals surface area contributed by atoms with E-state index in [2.05, 4.69) is 46.7 Å². The number of hydrogen-bond donors (Lipinski definition) is 2. The number of fused-ring (bicyclic) bond motifs is 3. The molecular formula is C32H37ClN4O2. The summed E-state index contributed by atoms with van der Waals surface area (Å²) in [5, 5.41) is 5.08. The number of alkyl halides is 1. The molecule has 4 aliphatic carbocycles. The van der Waals surface area contributed by atoms with Crippen LogP contribution in [0.3, 0.4) is 0 Å². The van der Waals surface area contributed by atoms with Gasteiger partial charge < -0.3 is 20.1 Å². The summed E-state index contributed by atoms with van der Waals surface area (Å²) in [7, 11) is 3.49. The van der Waals surface area contributed by atoms with Gasteiger partial charge in [-0.15, -0.1) is 11.6 Å². The van der Waals surface area contributed by atoms with Gasteiger partial charge in [0.15, 0.2) is 0 Å². The van der Waals surface area contributed by atoms with E-state index in [4.69, 9.17) is 11.6 Å². The Hall–Kier alpha value is -2.99. The number of benzene rings is 2. The molecule has 4 bridgehead atoms. The molecule has 0 saturated heterocycles. The van der Waals surface area contributed by atoms with Crippen LogP contribution in [0.25, 0.3) is 10.9 Å². The summed E-state index contributed by atoms with van der Waals surface area (Å²) in [4.78, 5) is 33.7. The zero-order valence-electron chi connectivity index (χ0n) is 22.8. The van der Waals surface area contributed by atoms with Crippen molar-refractivity contribution in [1.29, 1.82) is 0 Å². The van der Waals surface area contributed by atoms with E-state index in [1.165, 1.54) is 38.5 Å². The third-order valence-corrected chi connectivity index (χ3v) is 10.2. The Bertz CT molecular complexity index is 1390. The summed E-state index contributed by atoms with van der Waals surface area (Å²) < 4.78 is 0. The van der Waals surface area contributed by atoms with Gasteiger partial charge in [0.2, 0.25) is 11.8 Å². The number of aromatic nitrogens is 1. The molecule has 2 atom stereocenters. The number of hydrogen-bond acceptors (Lipinski definition) is 3. The average Bonchev–Trinajstić information content (AvgIpc) is 3.29. The lowest BCUT2D eigenvalue weighted by Crippen LogP contribution is -2.55. The maximum atomic E-state index is 13.4. The zero-order chi connectivity index (χ0) is 26.9. The van der Waals surface area contributed by atoms with Crippen LogP contribution in [0.15, 0.2) is 48.5 Å². The van der Waals surface area contributed by atoms with Gasteiger partial charge in [0, 0.05) is 48.3 Å². The number of nitrogens with one attached hydrogen (secondary N) is 2. The number of carbonyl (C=O) groups excluding carboxylic acids is 2. The summed E-state index contributed by atoms with van der Waals surface area (Å²) in [6.07, 6.45) is 8.58. The van der Waals surface area contributed by atoms with Crippen molar-refractivity contribution >= 4 is 40.0 Å². The minimum atomic E-state index is -0.618. The maximum absolute atomic E-state index is 13.4. The Morgan fingerprint density at radius 2 is 1.64 bits per heavy atom. The molecule has 4 fully saturated rings. The molecule has 204 valence electrons. The molecule has 0 unspecified atom stereocenters. The lowest BCUT2D eigenvalue weighted by Gasteiger charge is -2.57. The van der Waals surface area contributed by atoms with Crippen molar-refractivity contribution in [3.63, 3.8) is 0 Å². The van der Waals surface area contributed by atoms with E-state index in [9.17, 15) is 9.59 Å². The van der Waals surface area contributed by atoms with E-state index in [0.717, 1.165) is 51.2 Å². The highest BCUT2D eigenvalue weighted by atomic mass is 35.5. The second-order valence-electron chi connectivity index (χ2n) is 12.8. The van der Waals surface area contributed by atoms with Gasteiger partial charge in [-0.1, -0.05) is 30.3 Å². The van der Waals surface area contributed by atoms with Crippen LogP contribution in [0, 0.1) is 17.8 Å². The SMILES string of the molecule is CN(C)C(=O)[C@H]1Cc2c([nH]c3ccccc23)[C@H](c2ccc(NC34CC5CC(CC(C5)C3)C4)cc2)N1C(=O)CCl. The van der Waals surface area contributed by atoms with Crippen molar-refractivity contribution in [3.8, 4) is 0 Å². The molecule has 3 aromatic rings. The molecule has 1 aromatic heterocycles. The second-order valence-corrected chi connectivity index (χ2v) is 13.1. The first-order chi connectivity index (χ1) is 18.8. The van der Waals surface area contributed by atoms with Gasteiger partial charge in [0.25, 0.3) is 0 Å². The molecule has 0 radical (unpaired) electrons. The Balaban J connectivity index is 1.27. The molecule has 2 N–H and O–H groups in total. The molecule has 8 rings (SSSR count). The van der Waals surface area contributed by atoms with E-state index < -0.39 is 12.1 Å². The van der Waals surface area contributed by atoms with E-state index in [0.29, 0.717) is 6.42 Å². The first-order valence-electron chi connectivity index (χ1n) is 14.4. The van der Waals surface area contributed by atoms with Crippen LogP contribution < -0.4 is 5.32 Å². The molecule has 0 spiro atoms. The zero-order valence-corrected chi connectivity index (χ0v) is 23.5. The normalized spacial score (nSPS) is 30.8. The van der Waals surface area contributed by atoms with Crippen molar-refractivity contribution in [2.45, 2.75) is 62.6 Å². The van der Waals surface area contributed by atoms with Gasteiger partial charge in [-0.05, 0) is 85.6 Å². The number of amides is 2. The molecule has 7 heteroatoms. The van der Waals surface area contributed by atoms with Gasteiger partial charge >= 0.3 is 0 Å². The van der Waals surface area contributed by atoms with Gasteiger partial charge in [0.05, 0.1) is 6.04 Å². The van der Waals surface area contributed by atoms with Crippen LogP contribution in [0.2, 0.25) is 0 Å². The van der Waals surface area contributed by atoms with Crippen LogP contribution in [0.4, 0.5) is 5.69 Å². The van der Waals surface area contributed by atoms with E-state index in [1.807, 2.05) is 12.1 Å². The third-order valence-electron chi connectivity index (χ3n) is 9.93. The van der Waals surface area contributed by atoms with Gasteiger partial charge in [-0.2, -0.15) is 0 Å². The first kappa shape index (κ1) is 25.0. The topological polar surface area (TPSA) is 68.4 Å². The number of para-hydroxylation sites is 1. The second kappa shape index (κ2) is 9.29. The Morgan fingerprint density at radius 1 is 1.00 bits per heavy atom. The molecule has 2 heterocycles. The monoisotopic (exact) mass is 544 g/mol. The number of halogens is 1. The number of nitrogens with zero attached hydrogens (tertiary/aromatic N) is 2. The van der Waals surface area contributed by atoms with Crippen LogP contribution in [0.1, 0.15) is 61.4 Å². The molecule has 4 saturated carbocycles. The number of rotatable bonds is 5. The number of anilines is 1. The minimum absolute atomic E-state index is 0.0884. The molecule has 6 nitrogen and oxygen atoms in total. The molecule has 5 aliphatic rings. The summed E-state index contributed by atoms with van der Waals surface area (Å²) in [5.41, 5.74) is 5.45. The minimum Gasteiger partial charge on any atom is -0.380 e. The lowest BCUT2D eigenvalue weighted by molar-refractivity contribution is -0.145. The lowest BCUT2D eigenvalue weighted by atomic mass is 9.53. The van der Waals surface area contributed by atoms with E-state index in [1.54, 1.807) is 23.9 Å². The van der Waals surface area contributed by atoms with Crippen LogP contribution >= 0.6 is 11.6 Å². The van der Waals surface area contributed by atoms with E-state index >= 15 is 0 Å². The van der Waals surface area contributed by atoms with Crippen molar-refractivity contribution in [1.82, 2.24) is 14.8 Å². The standard InChI is InChI=1S/C32H37ClN4O2/c1-36(2)31(39)27-14-25-24-5-3-4-6-26(24)34-29(25)30(37(27)28(38)18-33)22-7-9-23(10-8-22)35-32-15-19-11-20(16-32)13-21(12-19)17-32/h3-10,19-21,27,30,34-35H,11-18H2,1-2H3/t19?,20?,21?,27-,30+,32?/m1/s1. The molecule has 2 aromatic carbocycles. The van der Waals surface area contributed by atoms with Crippen molar-refractivity contribution in [2.24, 2.45) is 17.8 Å². The smallest absolute Gasteiger partial charge is 0.245 e. The predicted octanol–water partition coefficient (Wildman–Crippen LogP) is 5.72. The summed E-state index contributed by atoms with van der Waals surface area (Å²) in [5.74, 6) is 2.15. The Labute approximate surface area is 235 Å². The van der Waals surface area contributed by atoms with Crippen LogP contribution in [-0.2, 0) is 16.0 Å². The quantitative estimate of drug-likeness (QED) is 0.404. The van der Waals surface area contributed by atoms with E-state index in [-0.39, 0.29) is 23.2 Å². The van der Waals surface area contributed by atoms with Gasteiger partial charge in [0.1, 0.15) is 11.9 Å². The summed E-state index contributed by atoms with van der Waals surface area (Å²) >= 11 is 6.15. The fourth-order valence-electron chi connectivity index (χ4n) is 8.82. The van der Waals surface area contributed by atoms with Crippen molar-refractivity contribution in [3.05, 3.63) is 65.4 Å². The number of likely N-dealkylation sites (N-methyl/N-ethyl adjacent to an activating group) is 1. The highest BCUT2D eigenvalue weighted by Gasteiger charge is 2.51. The molecular weight excluding hydrogens is 508 g/mol. The average molecular weight is 545 g/mol. The van der Waals surface area contributed by atoms with Crippen LogP contribution in [0.5, 0.6) is 0 Å². The Morgan fingerprint density at radius 3 is 2.26 bits per heavy atom. The summed E-state index contributed by atoms with van der Waals surface area (Å²) in [6.45, 7) is 0. The summed E-state index contributed by atoms with van der Waals surface area (Å²) in [6, 6.07) is 15.7. The van der Waals surface area contributed by atoms with Crippen molar-refractivity contribution in [2.75, 3.05) is 25.3 Å². The van der Waals surface area contributed by atoms with Crippen molar-refractivity contribution < 1.29 is 9.59 Å². The highest BCUT2D eigenvalue weighted by Crippen LogP contribution is 2.56.